The largest absolute Gasteiger partial charge is 0.477 e. The molecular formula is C70H120NO8+. The number of nitrogens with zero attached hydrogens (tertiary/aromatic N) is 1. The molecule has 0 bridgehead atoms. The fourth-order valence-corrected chi connectivity index (χ4v) is 8.69. The van der Waals surface area contributed by atoms with Gasteiger partial charge in [0, 0.05) is 12.8 Å². The molecule has 0 saturated carbocycles. The number of hydrogen-bond donors (Lipinski definition) is 1. The summed E-state index contributed by atoms with van der Waals surface area (Å²) in [5.41, 5.74) is 0. The van der Waals surface area contributed by atoms with Crippen LogP contribution in [0.4, 0.5) is 0 Å². The number of unbranched alkanes of at least 4 members (excludes halogenated alkanes) is 25. The van der Waals surface area contributed by atoms with Crippen LogP contribution in [0.5, 0.6) is 0 Å². The molecule has 452 valence electrons. The normalized spacial score (nSPS) is 13.5. The van der Waals surface area contributed by atoms with Crippen LogP contribution in [0, 0.1) is 0 Å². The van der Waals surface area contributed by atoms with Crippen molar-refractivity contribution in [2.24, 2.45) is 0 Å². The lowest BCUT2D eigenvalue weighted by molar-refractivity contribution is -0.870. The van der Waals surface area contributed by atoms with Gasteiger partial charge in [0.15, 0.2) is 6.10 Å². The molecule has 0 aliphatic rings. The van der Waals surface area contributed by atoms with Crippen molar-refractivity contribution in [3.05, 3.63) is 109 Å². The van der Waals surface area contributed by atoms with Crippen molar-refractivity contribution in [1.29, 1.82) is 0 Å². The Kier molecular flexibility index (Phi) is 57.0. The van der Waals surface area contributed by atoms with Gasteiger partial charge < -0.3 is 28.5 Å². The maximum absolute atomic E-state index is 12.8. The number of carboxylic acid groups (broad SMARTS) is 1. The maximum Gasteiger partial charge on any atom is 0.361 e. The lowest BCUT2D eigenvalue weighted by Crippen LogP contribution is -2.40. The summed E-state index contributed by atoms with van der Waals surface area (Å²) >= 11 is 0. The Morgan fingerprint density at radius 1 is 0.380 bits per heavy atom. The molecule has 0 radical (unpaired) electrons. The number of aliphatic carboxylic acids is 1. The highest BCUT2D eigenvalue weighted by Gasteiger charge is 2.25. The molecule has 9 nitrogen and oxygen atoms in total. The van der Waals surface area contributed by atoms with Crippen molar-refractivity contribution in [2.75, 3.05) is 47.5 Å². The Bertz CT molecular complexity index is 1660. The van der Waals surface area contributed by atoms with Gasteiger partial charge in [0.05, 0.1) is 34.4 Å². The first kappa shape index (κ1) is 75.0. The first-order chi connectivity index (χ1) is 38.6. The standard InChI is InChI=1S/C70H119NO8/c1-6-8-10-12-14-16-18-20-22-24-25-26-27-28-29-30-31-32-33-34-35-36-37-38-39-40-41-42-43-45-46-48-50-52-54-56-58-60-67(72)77-64-66(65-78-70(69(74)75)76-63-62-71(3,4)5)79-68(73)61-59-57-55-53-51-49-47-44-23-21-19-17-15-13-11-9-7-2/h8-11,14-17,20-23,25-26,47,49,53,55,66,70H,6-7,12-13,18-19,24,27-46,48,50-52,54,56-65H2,1-5H3/p+1/b10-8-,11-9-,16-14-,17-15-,22-20-,23-21-,26-25-,49-47-,55-53-. The number of quaternary nitrogens is 1. The SMILES string of the molecule is CC/C=C\C/C=C\C/C=C\C/C=C\C/C=C\CCCC(=O)OC(COC(=O)CCCCCCCCCCCCCCCCCCCCCCCCCC/C=C\C/C=C\C/C=C\C/C=C\CC)COC(OCC[N+](C)(C)C)C(=O)O. The molecule has 0 rings (SSSR count). The number of hydrogen-bond acceptors (Lipinski definition) is 7. The molecular weight excluding hydrogens is 983 g/mol. The van der Waals surface area contributed by atoms with Crippen LogP contribution in [0.1, 0.15) is 258 Å². The van der Waals surface area contributed by atoms with E-state index in [1.165, 1.54) is 141 Å². The Morgan fingerprint density at radius 3 is 1.05 bits per heavy atom. The van der Waals surface area contributed by atoms with Gasteiger partial charge in [-0.2, -0.15) is 0 Å². The highest BCUT2D eigenvalue weighted by molar-refractivity contribution is 5.71. The first-order valence-corrected chi connectivity index (χ1v) is 32.1. The number of allylic oxidation sites excluding steroid dienone is 18. The van der Waals surface area contributed by atoms with Gasteiger partial charge in [-0.15, -0.1) is 0 Å². The van der Waals surface area contributed by atoms with Crippen LogP contribution in [-0.2, 0) is 33.3 Å². The van der Waals surface area contributed by atoms with Crippen LogP contribution < -0.4 is 0 Å². The van der Waals surface area contributed by atoms with E-state index in [-0.39, 0.29) is 38.6 Å². The van der Waals surface area contributed by atoms with Crippen molar-refractivity contribution in [2.45, 2.75) is 270 Å². The van der Waals surface area contributed by atoms with E-state index in [1.54, 1.807) is 0 Å². The van der Waals surface area contributed by atoms with E-state index in [0.717, 1.165) is 83.5 Å². The number of carbonyl (C=O) groups excluding carboxylic acids is 2. The van der Waals surface area contributed by atoms with Crippen molar-refractivity contribution in [3.63, 3.8) is 0 Å². The van der Waals surface area contributed by atoms with Crippen LogP contribution in [0.3, 0.4) is 0 Å². The van der Waals surface area contributed by atoms with Gasteiger partial charge in [-0.1, -0.05) is 264 Å². The van der Waals surface area contributed by atoms with Crippen molar-refractivity contribution < 1.29 is 42.9 Å². The topological polar surface area (TPSA) is 108 Å². The summed E-state index contributed by atoms with van der Waals surface area (Å²) in [6.07, 6.45) is 80.8. The van der Waals surface area contributed by atoms with Crippen molar-refractivity contribution in [1.82, 2.24) is 0 Å². The number of carbonyl (C=O) groups is 3. The Morgan fingerprint density at radius 2 is 0.696 bits per heavy atom. The molecule has 0 heterocycles. The molecule has 2 atom stereocenters. The highest BCUT2D eigenvalue weighted by atomic mass is 16.7. The summed E-state index contributed by atoms with van der Waals surface area (Å²) in [5.74, 6) is -2.08. The van der Waals surface area contributed by atoms with Gasteiger partial charge in [-0.05, 0) is 89.9 Å². The fourth-order valence-electron chi connectivity index (χ4n) is 8.69. The zero-order valence-corrected chi connectivity index (χ0v) is 51.5. The number of ether oxygens (including phenoxy) is 4. The van der Waals surface area contributed by atoms with Gasteiger partial charge in [-0.3, -0.25) is 9.59 Å². The van der Waals surface area contributed by atoms with E-state index >= 15 is 0 Å². The third kappa shape index (κ3) is 61.4. The van der Waals surface area contributed by atoms with Crippen LogP contribution in [0.2, 0.25) is 0 Å². The lowest BCUT2D eigenvalue weighted by Gasteiger charge is -2.25. The summed E-state index contributed by atoms with van der Waals surface area (Å²) in [4.78, 5) is 37.4. The molecule has 1 N–H and O–H groups in total. The van der Waals surface area contributed by atoms with Crippen LogP contribution in [-0.4, -0.2) is 87.4 Å². The van der Waals surface area contributed by atoms with E-state index in [1.807, 2.05) is 21.1 Å². The molecule has 0 spiro atoms. The Labute approximate surface area is 485 Å². The average Bonchev–Trinajstić information content (AvgIpc) is 3.42. The van der Waals surface area contributed by atoms with Gasteiger partial charge in [-0.25, -0.2) is 4.79 Å². The number of esters is 2. The van der Waals surface area contributed by atoms with Crippen molar-refractivity contribution in [3.8, 4) is 0 Å². The quantitative estimate of drug-likeness (QED) is 0.0211. The number of carboxylic acids is 1. The van der Waals surface area contributed by atoms with Crippen LogP contribution in [0.15, 0.2) is 109 Å². The van der Waals surface area contributed by atoms with Gasteiger partial charge >= 0.3 is 17.9 Å². The average molecular weight is 1100 g/mol. The zero-order valence-electron chi connectivity index (χ0n) is 51.5. The van der Waals surface area contributed by atoms with Gasteiger partial charge in [0.1, 0.15) is 13.2 Å². The van der Waals surface area contributed by atoms with Crippen LogP contribution in [0.25, 0.3) is 0 Å². The van der Waals surface area contributed by atoms with E-state index in [0.29, 0.717) is 17.4 Å². The fraction of sp³-hybridized carbons (Fsp3) is 0.700. The second kappa shape index (κ2) is 60.1. The third-order valence-electron chi connectivity index (χ3n) is 13.5. The molecule has 0 aliphatic heterocycles. The molecule has 0 aromatic heterocycles. The van der Waals surface area contributed by atoms with E-state index in [4.69, 9.17) is 18.9 Å². The van der Waals surface area contributed by atoms with Gasteiger partial charge in [0.2, 0.25) is 0 Å². The maximum atomic E-state index is 12.8. The molecule has 0 aromatic carbocycles. The van der Waals surface area contributed by atoms with E-state index < -0.39 is 24.3 Å². The zero-order chi connectivity index (χ0) is 57.6. The highest BCUT2D eigenvalue weighted by Crippen LogP contribution is 2.17. The summed E-state index contributed by atoms with van der Waals surface area (Å²) in [5, 5.41) is 9.70. The first-order valence-electron chi connectivity index (χ1n) is 32.1. The predicted octanol–water partition coefficient (Wildman–Crippen LogP) is 19.5. The summed E-state index contributed by atoms with van der Waals surface area (Å²) in [7, 11) is 5.95. The predicted molar refractivity (Wildman–Crippen MR) is 336 cm³/mol. The molecule has 0 aliphatic carbocycles. The summed E-state index contributed by atoms with van der Waals surface area (Å²) < 4.78 is 22.8. The lowest BCUT2D eigenvalue weighted by atomic mass is 10.0. The molecule has 0 fully saturated rings. The molecule has 0 amide bonds. The number of rotatable bonds is 58. The minimum absolute atomic E-state index is 0.174. The second-order valence-electron chi connectivity index (χ2n) is 22.3. The molecule has 2 unspecified atom stereocenters. The molecule has 0 saturated heterocycles. The Hall–Kier alpha value is -4.05. The molecule has 0 aromatic rings. The minimum atomic E-state index is -1.53. The monoisotopic (exact) mass is 1100 g/mol. The van der Waals surface area contributed by atoms with Crippen molar-refractivity contribution >= 4 is 17.9 Å². The third-order valence-corrected chi connectivity index (χ3v) is 13.5. The van der Waals surface area contributed by atoms with Gasteiger partial charge in [0.25, 0.3) is 6.29 Å². The summed E-state index contributed by atoms with van der Waals surface area (Å²) in [6, 6.07) is 0. The molecule has 79 heavy (non-hydrogen) atoms. The van der Waals surface area contributed by atoms with E-state index in [9.17, 15) is 19.5 Å². The number of likely N-dealkylation sites (N-methyl/N-ethyl adjacent to an activating group) is 1. The second-order valence-corrected chi connectivity index (χ2v) is 22.3. The smallest absolute Gasteiger partial charge is 0.361 e. The van der Waals surface area contributed by atoms with Crippen LogP contribution >= 0.6 is 0 Å². The van der Waals surface area contributed by atoms with E-state index in [2.05, 4.69) is 123 Å². The summed E-state index contributed by atoms with van der Waals surface area (Å²) in [6.45, 7) is 4.59. The Balaban J connectivity index is 4.05. The minimum Gasteiger partial charge on any atom is -0.477 e. The molecule has 9 heteroatoms.